The molecule has 0 spiro atoms. The van der Waals surface area contributed by atoms with Crippen molar-refractivity contribution in [3.63, 3.8) is 0 Å². The second-order valence-electron chi connectivity index (χ2n) is 6.55. The number of benzene rings is 1. The Morgan fingerprint density at radius 2 is 2.04 bits per heavy atom. The molecule has 0 saturated carbocycles. The molecule has 1 aromatic carbocycles. The molecule has 0 bridgehead atoms. The topological polar surface area (TPSA) is 63.1 Å². The van der Waals surface area contributed by atoms with Gasteiger partial charge in [-0.3, -0.25) is 14.4 Å². The van der Waals surface area contributed by atoms with E-state index in [0.717, 1.165) is 25.9 Å². The molecule has 1 saturated heterocycles. The van der Waals surface area contributed by atoms with Crippen LogP contribution in [0.3, 0.4) is 0 Å². The number of hydrogen-bond donors (Lipinski definition) is 1. The highest BCUT2D eigenvalue weighted by molar-refractivity contribution is 5.78. The first-order valence-electron chi connectivity index (χ1n) is 8.60. The van der Waals surface area contributed by atoms with Crippen molar-refractivity contribution in [2.45, 2.75) is 38.3 Å². The zero-order valence-corrected chi connectivity index (χ0v) is 14.1. The Morgan fingerprint density at radius 1 is 1.29 bits per heavy atom. The summed E-state index contributed by atoms with van der Waals surface area (Å²) in [5, 5.41) is 7.10. The summed E-state index contributed by atoms with van der Waals surface area (Å²) in [4.78, 5) is 18.4. The van der Waals surface area contributed by atoms with Gasteiger partial charge >= 0.3 is 0 Å². The third-order valence-corrected chi connectivity index (χ3v) is 4.56. The maximum atomic E-state index is 12.2. The lowest BCUT2D eigenvalue weighted by Gasteiger charge is -2.32. The van der Waals surface area contributed by atoms with Gasteiger partial charge in [0.05, 0.1) is 13.1 Å². The van der Waals surface area contributed by atoms with Gasteiger partial charge in [-0.05, 0) is 44.3 Å². The first-order valence-corrected chi connectivity index (χ1v) is 8.60. The van der Waals surface area contributed by atoms with Crippen LogP contribution in [0.2, 0.25) is 0 Å². The molecule has 0 unspecified atom stereocenters. The third kappa shape index (κ3) is 4.64. The smallest absolute Gasteiger partial charge is 0.234 e. The van der Waals surface area contributed by atoms with Crippen LogP contribution in [-0.4, -0.2) is 51.2 Å². The van der Waals surface area contributed by atoms with E-state index in [0.29, 0.717) is 19.0 Å². The van der Waals surface area contributed by atoms with Crippen molar-refractivity contribution in [2.24, 2.45) is 0 Å². The van der Waals surface area contributed by atoms with Gasteiger partial charge in [0.1, 0.15) is 12.7 Å². The molecular formula is C18H25N5O. The molecule has 1 N–H and O–H groups in total. The first-order chi connectivity index (χ1) is 11.7. The maximum absolute atomic E-state index is 12.2. The number of aromatic nitrogens is 3. The summed E-state index contributed by atoms with van der Waals surface area (Å²) >= 11 is 0. The standard InChI is InChI=1S/C18H25N5O/c1-15(11-23-14-19-13-20-23)21-18(24)12-22-9-7-17(8-10-22)16-5-3-2-4-6-16/h2-6,13-15,17H,7-12H2,1H3,(H,21,24)/t15-/m0/s1. The van der Waals surface area contributed by atoms with Gasteiger partial charge in [0.15, 0.2) is 0 Å². The highest BCUT2D eigenvalue weighted by Crippen LogP contribution is 2.27. The number of amides is 1. The van der Waals surface area contributed by atoms with Crippen molar-refractivity contribution in [3.05, 3.63) is 48.5 Å². The van der Waals surface area contributed by atoms with E-state index < -0.39 is 0 Å². The van der Waals surface area contributed by atoms with Gasteiger partial charge in [-0.1, -0.05) is 30.3 Å². The second kappa shape index (κ2) is 8.06. The summed E-state index contributed by atoms with van der Waals surface area (Å²) in [6, 6.07) is 10.7. The maximum Gasteiger partial charge on any atom is 0.234 e. The molecule has 1 amide bonds. The Bertz CT molecular complexity index is 620. The first kappa shape index (κ1) is 16.6. The Hall–Kier alpha value is -2.21. The van der Waals surface area contributed by atoms with Crippen LogP contribution in [0.25, 0.3) is 0 Å². The summed E-state index contributed by atoms with van der Waals surface area (Å²) in [7, 11) is 0. The average Bonchev–Trinajstić information content (AvgIpc) is 3.09. The normalized spacial score (nSPS) is 17.5. The van der Waals surface area contributed by atoms with Crippen LogP contribution in [0.15, 0.2) is 43.0 Å². The van der Waals surface area contributed by atoms with Gasteiger partial charge in [0, 0.05) is 6.04 Å². The Kier molecular flexibility index (Phi) is 5.59. The summed E-state index contributed by atoms with van der Waals surface area (Å²) in [6.07, 6.45) is 5.40. The molecule has 1 atom stereocenters. The predicted octanol–water partition coefficient (Wildman–Crippen LogP) is 1.66. The van der Waals surface area contributed by atoms with Crippen molar-refractivity contribution in [2.75, 3.05) is 19.6 Å². The van der Waals surface area contributed by atoms with Gasteiger partial charge in [-0.25, -0.2) is 4.98 Å². The van der Waals surface area contributed by atoms with E-state index in [1.54, 1.807) is 11.0 Å². The van der Waals surface area contributed by atoms with Gasteiger partial charge in [0.25, 0.3) is 0 Å². The lowest BCUT2D eigenvalue weighted by Crippen LogP contribution is -2.44. The molecule has 128 valence electrons. The van der Waals surface area contributed by atoms with Crippen LogP contribution >= 0.6 is 0 Å². The minimum atomic E-state index is 0.0426. The molecule has 6 heteroatoms. The Balaban J connectivity index is 1.40. The van der Waals surface area contributed by atoms with Crippen molar-refractivity contribution in [1.29, 1.82) is 0 Å². The quantitative estimate of drug-likeness (QED) is 0.876. The van der Waals surface area contributed by atoms with Crippen LogP contribution in [0.1, 0.15) is 31.2 Å². The predicted molar refractivity (Wildman–Crippen MR) is 92.5 cm³/mol. The van der Waals surface area contributed by atoms with Gasteiger partial charge in [0.2, 0.25) is 5.91 Å². The average molecular weight is 327 g/mol. The largest absolute Gasteiger partial charge is 0.351 e. The minimum absolute atomic E-state index is 0.0426. The Morgan fingerprint density at radius 3 is 2.71 bits per heavy atom. The number of rotatable bonds is 6. The molecule has 1 aliphatic heterocycles. The number of carbonyl (C=O) groups excluding carboxylic acids is 1. The molecule has 0 aliphatic carbocycles. The SMILES string of the molecule is C[C@@H](Cn1cncn1)NC(=O)CN1CCC(c2ccccc2)CC1. The van der Waals surface area contributed by atoms with E-state index in [2.05, 4.69) is 50.6 Å². The number of nitrogens with zero attached hydrogens (tertiary/aromatic N) is 4. The van der Waals surface area contributed by atoms with Crippen LogP contribution < -0.4 is 5.32 Å². The molecule has 1 aromatic heterocycles. The highest BCUT2D eigenvalue weighted by atomic mass is 16.2. The molecular weight excluding hydrogens is 302 g/mol. The molecule has 2 aromatic rings. The minimum Gasteiger partial charge on any atom is -0.351 e. The zero-order valence-electron chi connectivity index (χ0n) is 14.1. The zero-order chi connectivity index (χ0) is 16.8. The molecule has 24 heavy (non-hydrogen) atoms. The van der Waals surface area contributed by atoms with Crippen molar-refractivity contribution < 1.29 is 4.79 Å². The van der Waals surface area contributed by atoms with Gasteiger partial charge < -0.3 is 5.32 Å². The molecule has 3 rings (SSSR count). The van der Waals surface area contributed by atoms with Crippen LogP contribution in [0.4, 0.5) is 0 Å². The summed E-state index contributed by atoms with van der Waals surface area (Å²) in [5.74, 6) is 0.706. The summed E-state index contributed by atoms with van der Waals surface area (Å²) in [6.45, 7) is 5.06. The van der Waals surface area contributed by atoms with E-state index in [9.17, 15) is 4.79 Å². The summed E-state index contributed by atoms with van der Waals surface area (Å²) in [5.41, 5.74) is 1.42. The van der Waals surface area contributed by atoms with E-state index >= 15 is 0 Å². The second-order valence-corrected chi connectivity index (χ2v) is 6.55. The highest BCUT2D eigenvalue weighted by Gasteiger charge is 2.22. The molecule has 2 heterocycles. The van der Waals surface area contributed by atoms with Crippen LogP contribution in [0, 0.1) is 0 Å². The molecule has 6 nitrogen and oxygen atoms in total. The van der Waals surface area contributed by atoms with E-state index in [1.807, 2.05) is 6.92 Å². The monoisotopic (exact) mass is 327 g/mol. The fourth-order valence-corrected chi connectivity index (χ4v) is 3.33. The molecule has 1 fully saturated rings. The van der Waals surface area contributed by atoms with E-state index in [4.69, 9.17) is 0 Å². The van der Waals surface area contributed by atoms with Crippen LogP contribution in [0.5, 0.6) is 0 Å². The number of piperidine rings is 1. The fourth-order valence-electron chi connectivity index (χ4n) is 3.33. The molecule has 1 aliphatic rings. The van der Waals surface area contributed by atoms with Gasteiger partial charge in [-0.15, -0.1) is 0 Å². The third-order valence-electron chi connectivity index (χ3n) is 4.56. The van der Waals surface area contributed by atoms with E-state index in [-0.39, 0.29) is 11.9 Å². The van der Waals surface area contributed by atoms with Crippen molar-refractivity contribution in [1.82, 2.24) is 25.0 Å². The summed E-state index contributed by atoms with van der Waals surface area (Å²) < 4.78 is 1.73. The Labute approximate surface area is 142 Å². The lowest BCUT2D eigenvalue weighted by molar-refractivity contribution is -0.123. The van der Waals surface area contributed by atoms with E-state index in [1.165, 1.54) is 11.9 Å². The number of hydrogen-bond acceptors (Lipinski definition) is 4. The van der Waals surface area contributed by atoms with Crippen LogP contribution in [-0.2, 0) is 11.3 Å². The van der Waals surface area contributed by atoms with Crippen molar-refractivity contribution >= 4 is 5.91 Å². The number of likely N-dealkylation sites (tertiary alicyclic amines) is 1. The number of nitrogens with one attached hydrogen (secondary N) is 1. The number of carbonyl (C=O) groups is 1. The lowest BCUT2D eigenvalue weighted by atomic mass is 9.89. The van der Waals surface area contributed by atoms with Gasteiger partial charge in [-0.2, -0.15) is 5.10 Å². The fraction of sp³-hybridized carbons (Fsp3) is 0.500. The van der Waals surface area contributed by atoms with Crippen molar-refractivity contribution in [3.8, 4) is 0 Å². The molecule has 0 radical (unpaired) electrons.